The largest absolute Gasteiger partial charge is 0.482 e. The molecule has 0 aromatic heterocycles. The summed E-state index contributed by atoms with van der Waals surface area (Å²) in [6, 6.07) is 11.0. The second kappa shape index (κ2) is 8.38. The van der Waals surface area contributed by atoms with Crippen molar-refractivity contribution in [3.8, 4) is 5.75 Å². The molecule has 2 aromatic carbocycles. The fraction of sp³-hybridized carbons (Fsp3) is 0.0667. The summed E-state index contributed by atoms with van der Waals surface area (Å²) < 4.78 is 4.99. The lowest BCUT2D eigenvalue weighted by Gasteiger charge is -2.09. The Morgan fingerprint density at radius 1 is 1.09 bits per heavy atom. The molecule has 0 spiro atoms. The first-order valence-electron chi connectivity index (χ1n) is 6.17. The van der Waals surface area contributed by atoms with Gasteiger partial charge in [0.25, 0.3) is 5.91 Å². The van der Waals surface area contributed by atoms with Gasteiger partial charge in [-0.05, 0) is 36.4 Å². The number of carboxylic acid groups (broad SMARTS) is 1. The van der Waals surface area contributed by atoms with Crippen molar-refractivity contribution in [3.05, 3.63) is 58.1 Å². The van der Waals surface area contributed by atoms with Crippen LogP contribution in [0.1, 0.15) is 10.4 Å². The monoisotopic (exact) mass is 357 g/mol. The van der Waals surface area contributed by atoms with E-state index in [0.29, 0.717) is 22.0 Å². The third-order valence-corrected chi connectivity index (χ3v) is 3.50. The number of nitrogens with one attached hydrogen (secondary N) is 1. The fourth-order valence-corrected chi connectivity index (χ4v) is 1.99. The normalized spacial score (nSPS) is 9.65. The number of ether oxygens (including phenoxy) is 1. The first kappa shape index (κ1) is 18.8. The van der Waals surface area contributed by atoms with E-state index in [1.807, 2.05) is 0 Å². The third kappa shape index (κ3) is 5.14. The van der Waals surface area contributed by atoms with Gasteiger partial charge in [-0.15, -0.1) is 0 Å². The summed E-state index contributed by atoms with van der Waals surface area (Å²) in [7, 11) is 0. The molecule has 0 aliphatic rings. The molecule has 2 aromatic rings. The van der Waals surface area contributed by atoms with Crippen LogP contribution in [0.25, 0.3) is 0 Å². The minimum atomic E-state index is -1.07. The first-order chi connectivity index (χ1) is 10.5. The zero-order chi connectivity index (χ0) is 16.1. The van der Waals surface area contributed by atoms with Crippen LogP contribution >= 0.6 is 23.2 Å². The number of carbonyl (C=O) groups excluding carboxylic acids is 1. The highest BCUT2D eigenvalue weighted by Gasteiger charge is 2.10. The average Bonchev–Trinajstić information content (AvgIpc) is 2.50. The lowest BCUT2D eigenvalue weighted by molar-refractivity contribution is -0.139. The van der Waals surface area contributed by atoms with Crippen LogP contribution in [0.5, 0.6) is 5.75 Å². The number of anilines is 1. The Morgan fingerprint density at radius 3 is 2.35 bits per heavy atom. The van der Waals surface area contributed by atoms with Gasteiger partial charge < -0.3 is 20.6 Å². The summed E-state index contributed by atoms with van der Waals surface area (Å²) in [5.74, 6) is -1.08. The highest BCUT2D eigenvalue weighted by molar-refractivity contribution is 6.44. The van der Waals surface area contributed by atoms with Gasteiger partial charge in [-0.1, -0.05) is 29.3 Å². The lowest BCUT2D eigenvalue weighted by Crippen LogP contribution is -2.12. The molecule has 0 aliphatic heterocycles. The van der Waals surface area contributed by atoms with Crippen LogP contribution in [-0.4, -0.2) is 29.1 Å². The van der Waals surface area contributed by atoms with Gasteiger partial charge in [0, 0.05) is 5.56 Å². The number of benzene rings is 2. The Kier molecular flexibility index (Phi) is 6.84. The van der Waals surface area contributed by atoms with Crippen molar-refractivity contribution in [3.63, 3.8) is 0 Å². The Hall–Kier alpha value is -2.28. The quantitative estimate of drug-likeness (QED) is 0.857. The summed E-state index contributed by atoms with van der Waals surface area (Å²) in [6.07, 6.45) is 0. The molecule has 0 atom stereocenters. The maximum atomic E-state index is 12.1. The van der Waals surface area contributed by atoms with Crippen LogP contribution in [0, 0.1) is 0 Å². The maximum absolute atomic E-state index is 12.1. The van der Waals surface area contributed by atoms with Gasteiger partial charge in [0.15, 0.2) is 6.61 Å². The summed E-state index contributed by atoms with van der Waals surface area (Å²) in [6.45, 7) is -0.441. The number of rotatable bonds is 5. The lowest BCUT2D eigenvalue weighted by atomic mass is 10.2. The van der Waals surface area contributed by atoms with Crippen molar-refractivity contribution in [2.45, 2.75) is 0 Å². The van der Waals surface area contributed by atoms with E-state index >= 15 is 0 Å². The molecule has 1 amide bonds. The molecule has 0 heterocycles. The van der Waals surface area contributed by atoms with Crippen molar-refractivity contribution in [2.24, 2.45) is 0 Å². The smallest absolute Gasteiger partial charge is 0.341 e. The molecule has 0 radical (unpaired) electrons. The molecule has 2 rings (SSSR count). The molecule has 122 valence electrons. The van der Waals surface area contributed by atoms with Crippen LogP contribution < -0.4 is 10.1 Å². The highest BCUT2D eigenvalue weighted by atomic mass is 35.5. The topological polar surface area (TPSA) is 107 Å². The standard InChI is InChI=1S/C15H11Cl2NO4.H2O/c16-11-2-1-3-12(14(11)17)18-15(21)9-4-6-10(7-5-9)22-8-13(19)20;/h1-7H,8H2,(H,18,21)(H,19,20);1H2. The number of halogens is 2. The Labute approximate surface area is 141 Å². The molecular formula is C15H13Cl2NO5. The number of carbonyl (C=O) groups is 2. The minimum Gasteiger partial charge on any atom is -0.482 e. The average molecular weight is 358 g/mol. The summed E-state index contributed by atoms with van der Waals surface area (Å²) in [5.41, 5.74) is 0.782. The zero-order valence-electron chi connectivity index (χ0n) is 11.7. The van der Waals surface area contributed by atoms with Gasteiger partial charge in [0.1, 0.15) is 5.75 Å². The van der Waals surface area contributed by atoms with E-state index in [9.17, 15) is 9.59 Å². The molecule has 0 saturated carbocycles. The Morgan fingerprint density at radius 2 is 1.74 bits per heavy atom. The summed E-state index contributed by atoms with van der Waals surface area (Å²) in [4.78, 5) is 22.5. The number of amides is 1. The predicted molar refractivity (Wildman–Crippen MR) is 87.6 cm³/mol. The maximum Gasteiger partial charge on any atom is 0.341 e. The Balaban J connectivity index is 0.00000264. The molecular weight excluding hydrogens is 345 g/mol. The van der Waals surface area contributed by atoms with E-state index in [1.165, 1.54) is 24.3 Å². The molecule has 0 bridgehead atoms. The second-order valence-electron chi connectivity index (χ2n) is 4.26. The van der Waals surface area contributed by atoms with Gasteiger partial charge in [-0.3, -0.25) is 4.79 Å². The fourth-order valence-electron chi connectivity index (χ4n) is 1.64. The van der Waals surface area contributed by atoms with E-state index in [-0.39, 0.29) is 16.4 Å². The molecule has 4 N–H and O–H groups in total. The second-order valence-corrected chi connectivity index (χ2v) is 5.05. The van der Waals surface area contributed by atoms with E-state index in [2.05, 4.69) is 5.32 Å². The van der Waals surface area contributed by atoms with Crippen LogP contribution in [0.4, 0.5) is 5.69 Å². The molecule has 23 heavy (non-hydrogen) atoms. The van der Waals surface area contributed by atoms with Gasteiger partial charge in [-0.25, -0.2) is 4.79 Å². The number of hydrogen-bond donors (Lipinski definition) is 2. The van der Waals surface area contributed by atoms with Crippen LogP contribution in [0.2, 0.25) is 10.0 Å². The van der Waals surface area contributed by atoms with E-state index < -0.39 is 12.6 Å². The highest BCUT2D eigenvalue weighted by Crippen LogP contribution is 2.29. The minimum absolute atomic E-state index is 0. The Bertz CT molecular complexity index is 704. The van der Waals surface area contributed by atoms with Crippen LogP contribution in [0.15, 0.2) is 42.5 Å². The van der Waals surface area contributed by atoms with Crippen molar-refractivity contribution in [1.29, 1.82) is 0 Å². The number of hydrogen-bond acceptors (Lipinski definition) is 3. The zero-order valence-corrected chi connectivity index (χ0v) is 13.2. The van der Waals surface area contributed by atoms with Crippen LogP contribution in [-0.2, 0) is 4.79 Å². The van der Waals surface area contributed by atoms with E-state index in [1.54, 1.807) is 18.2 Å². The molecule has 8 heteroatoms. The summed E-state index contributed by atoms with van der Waals surface area (Å²) in [5, 5.41) is 11.8. The van der Waals surface area contributed by atoms with Crippen molar-refractivity contribution in [2.75, 3.05) is 11.9 Å². The molecule has 0 unspecified atom stereocenters. The number of aliphatic carboxylic acids is 1. The molecule has 0 aliphatic carbocycles. The third-order valence-electron chi connectivity index (χ3n) is 2.68. The van der Waals surface area contributed by atoms with E-state index in [0.717, 1.165) is 0 Å². The summed E-state index contributed by atoms with van der Waals surface area (Å²) >= 11 is 11.9. The molecule has 0 fully saturated rings. The van der Waals surface area contributed by atoms with Gasteiger partial charge in [0.05, 0.1) is 15.7 Å². The molecule has 6 nitrogen and oxygen atoms in total. The van der Waals surface area contributed by atoms with Crippen molar-refractivity contribution in [1.82, 2.24) is 0 Å². The number of carboxylic acids is 1. The molecule has 0 saturated heterocycles. The van der Waals surface area contributed by atoms with Gasteiger partial charge in [0.2, 0.25) is 0 Å². The predicted octanol–water partition coefficient (Wildman–Crippen LogP) is 2.88. The van der Waals surface area contributed by atoms with Crippen LogP contribution in [0.3, 0.4) is 0 Å². The SMILES string of the molecule is O.O=C(O)COc1ccc(C(=O)Nc2cccc(Cl)c2Cl)cc1. The first-order valence-corrected chi connectivity index (χ1v) is 6.93. The van der Waals surface area contributed by atoms with Gasteiger partial charge in [-0.2, -0.15) is 0 Å². The van der Waals surface area contributed by atoms with Crippen molar-refractivity contribution >= 4 is 40.8 Å². The van der Waals surface area contributed by atoms with E-state index in [4.69, 9.17) is 33.0 Å². The van der Waals surface area contributed by atoms with Gasteiger partial charge >= 0.3 is 5.97 Å². The van der Waals surface area contributed by atoms with Crippen molar-refractivity contribution < 1.29 is 24.9 Å².